The van der Waals surface area contributed by atoms with Crippen LogP contribution in [0.15, 0.2) is 30.6 Å². The van der Waals surface area contributed by atoms with Crippen molar-refractivity contribution in [2.24, 2.45) is 5.73 Å². The van der Waals surface area contributed by atoms with Crippen LogP contribution in [-0.2, 0) is 6.54 Å². The Kier molecular flexibility index (Phi) is 3.06. The lowest BCUT2D eigenvalue weighted by atomic mass is 10.1. The highest BCUT2D eigenvalue weighted by Crippen LogP contribution is 2.19. The molecule has 3 nitrogen and oxygen atoms in total. The minimum absolute atomic E-state index is 0.535. The first-order chi connectivity index (χ1) is 7.22. The summed E-state index contributed by atoms with van der Waals surface area (Å²) in [6.07, 6.45) is 3.84. The zero-order valence-electron chi connectivity index (χ0n) is 8.44. The maximum atomic E-state index is 5.72. The third-order valence-electron chi connectivity index (χ3n) is 2.32. The van der Waals surface area contributed by atoms with Crippen molar-refractivity contribution in [3.63, 3.8) is 0 Å². The second-order valence-electron chi connectivity index (χ2n) is 3.39. The average Bonchev–Trinajstić information content (AvgIpc) is 2.64. The molecule has 78 valence electrons. The van der Waals surface area contributed by atoms with Crippen LogP contribution in [-0.4, -0.2) is 9.78 Å². The van der Waals surface area contributed by atoms with Gasteiger partial charge >= 0.3 is 0 Å². The summed E-state index contributed by atoms with van der Waals surface area (Å²) in [5, 5.41) is 4.31. The molecule has 0 unspecified atom stereocenters. The fourth-order valence-corrected chi connectivity index (χ4v) is 2.02. The molecule has 2 N–H and O–H groups in total. The predicted octanol–water partition coefficient (Wildman–Crippen LogP) is 2.24. The molecule has 1 heterocycles. The molecule has 0 aliphatic carbocycles. The fourth-order valence-electron chi connectivity index (χ4n) is 1.64. The van der Waals surface area contributed by atoms with Gasteiger partial charge in [0.15, 0.2) is 0 Å². The summed E-state index contributed by atoms with van der Waals surface area (Å²) in [6.45, 7) is 2.61. The highest BCUT2D eigenvalue weighted by molar-refractivity contribution is 14.1. The van der Waals surface area contributed by atoms with Gasteiger partial charge in [0.2, 0.25) is 0 Å². The number of para-hydroxylation sites is 1. The molecular weight excluding hydrogens is 301 g/mol. The standard InChI is InChI=1S/C11H12IN3/c1-8-3-2-4-9(5-13)11(8)15-7-10(12)6-14-15/h2-4,6-7H,5,13H2,1H3. The minimum atomic E-state index is 0.535. The Hall–Kier alpha value is -0.880. The number of nitrogens with two attached hydrogens (primary N) is 1. The van der Waals surface area contributed by atoms with Gasteiger partial charge in [0.1, 0.15) is 0 Å². The van der Waals surface area contributed by atoms with E-state index in [1.807, 2.05) is 29.2 Å². The minimum Gasteiger partial charge on any atom is -0.326 e. The Morgan fingerprint density at radius 2 is 2.27 bits per heavy atom. The lowest BCUT2D eigenvalue weighted by molar-refractivity contribution is 0.850. The molecule has 0 atom stereocenters. The van der Waals surface area contributed by atoms with Crippen LogP contribution >= 0.6 is 22.6 Å². The summed E-state index contributed by atoms with van der Waals surface area (Å²) in [5.74, 6) is 0. The smallest absolute Gasteiger partial charge is 0.0719 e. The maximum absolute atomic E-state index is 5.72. The molecule has 0 bridgehead atoms. The first kappa shape index (κ1) is 10.6. The molecule has 1 aromatic heterocycles. The van der Waals surface area contributed by atoms with Gasteiger partial charge in [0.05, 0.1) is 15.5 Å². The molecule has 0 spiro atoms. The van der Waals surface area contributed by atoms with E-state index in [0.29, 0.717) is 6.54 Å². The van der Waals surface area contributed by atoms with Crippen molar-refractivity contribution in [2.45, 2.75) is 13.5 Å². The summed E-state index contributed by atoms with van der Waals surface area (Å²) in [5.41, 5.74) is 9.13. The van der Waals surface area contributed by atoms with E-state index in [1.54, 1.807) is 0 Å². The van der Waals surface area contributed by atoms with Crippen LogP contribution < -0.4 is 5.73 Å². The number of hydrogen-bond acceptors (Lipinski definition) is 2. The Bertz CT molecular complexity index is 476. The molecule has 0 aliphatic heterocycles. The normalized spacial score (nSPS) is 10.6. The monoisotopic (exact) mass is 313 g/mol. The Morgan fingerprint density at radius 3 is 2.87 bits per heavy atom. The Morgan fingerprint density at radius 1 is 1.47 bits per heavy atom. The summed E-state index contributed by atoms with van der Waals surface area (Å²) in [6, 6.07) is 6.13. The number of aryl methyl sites for hydroxylation is 1. The largest absolute Gasteiger partial charge is 0.326 e. The Balaban J connectivity index is 2.60. The van der Waals surface area contributed by atoms with Gasteiger partial charge in [-0.15, -0.1) is 0 Å². The topological polar surface area (TPSA) is 43.8 Å². The molecule has 4 heteroatoms. The van der Waals surface area contributed by atoms with Gasteiger partial charge in [-0.2, -0.15) is 5.10 Å². The van der Waals surface area contributed by atoms with Gasteiger partial charge in [-0.1, -0.05) is 18.2 Å². The molecule has 2 rings (SSSR count). The van der Waals surface area contributed by atoms with E-state index in [4.69, 9.17) is 5.73 Å². The number of nitrogens with zero attached hydrogens (tertiary/aromatic N) is 2. The van der Waals surface area contributed by atoms with Crippen LogP contribution in [0.3, 0.4) is 0 Å². The molecule has 0 saturated heterocycles. The molecule has 15 heavy (non-hydrogen) atoms. The van der Waals surface area contributed by atoms with Crippen LogP contribution in [0.5, 0.6) is 0 Å². The Labute approximate surface area is 102 Å². The first-order valence-corrected chi connectivity index (χ1v) is 5.79. The molecule has 0 fully saturated rings. The zero-order valence-corrected chi connectivity index (χ0v) is 10.6. The molecule has 0 amide bonds. The van der Waals surface area contributed by atoms with E-state index in [0.717, 1.165) is 14.8 Å². The highest BCUT2D eigenvalue weighted by Gasteiger charge is 2.07. The van der Waals surface area contributed by atoms with E-state index in [1.165, 1.54) is 5.56 Å². The van der Waals surface area contributed by atoms with Crippen LogP contribution in [0.25, 0.3) is 5.69 Å². The van der Waals surface area contributed by atoms with Gasteiger partial charge in [0, 0.05) is 12.7 Å². The summed E-state index contributed by atoms with van der Waals surface area (Å²) in [4.78, 5) is 0. The highest BCUT2D eigenvalue weighted by atomic mass is 127. The summed E-state index contributed by atoms with van der Waals surface area (Å²) < 4.78 is 3.01. The van der Waals surface area contributed by atoms with Crippen molar-refractivity contribution in [1.29, 1.82) is 0 Å². The van der Waals surface area contributed by atoms with Gasteiger partial charge < -0.3 is 5.73 Å². The summed E-state index contributed by atoms with van der Waals surface area (Å²) in [7, 11) is 0. The third kappa shape index (κ3) is 2.05. The van der Waals surface area contributed by atoms with Gasteiger partial charge in [0.25, 0.3) is 0 Å². The second kappa shape index (κ2) is 4.32. The third-order valence-corrected chi connectivity index (χ3v) is 2.88. The molecule has 0 aliphatic rings. The van der Waals surface area contributed by atoms with E-state index in [9.17, 15) is 0 Å². The van der Waals surface area contributed by atoms with Crippen molar-refractivity contribution in [1.82, 2.24) is 9.78 Å². The quantitative estimate of drug-likeness (QED) is 0.864. The fraction of sp³-hybridized carbons (Fsp3) is 0.182. The lowest BCUT2D eigenvalue weighted by Gasteiger charge is -2.10. The van der Waals surface area contributed by atoms with E-state index in [-0.39, 0.29) is 0 Å². The van der Waals surface area contributed by atoms with Gasteiger partial charge in [-0.25, -0.2) is 4.68 Å². The van der Waals surface area contributed by atoms with Crippen LogP contribution in [0.2, 0.25) is 0 Å². The van der Waals surface area contributed by atoms with E-state index >= 15 is 0 Å². The number of halogens is 1. The number of rotatable bonds is 2. The van der Waals surface area contributed by atoms with E-state index in [2.05, 4.69) is 40.7 Å². The molecule has 0 radical (unpaired) electrons. The lowest BCUT2D eigenvalue weighted by Crippen LogP contribution is -2.06. The molecular formula is C11H12IN3. The molecule has 2 aromatic rings. The van der Waals surface area contributed by atoms with Gasteiger partial charge in [-0.05, 0) is 40.6 Å². The first-order valence-electron chi connectivity index (χ1n) is 4.71. The number of benzene rings is 1. The zero-order chi connectivity index (χ0) is 10.8. The SMILES string of the molecule is Cc1cccc(CN)c1-n1cc(I)cn1. The van der Waals surface area contributed by atoms with Crippen molar-refractivity contribution in [3.8, 4) is 5.69 Å². The number of aromatic nitrogens is 2. The average molecular weight is 313 g/mol. The van der Waals surface area contributed by atoms with Crippen molar-refractivity contribution in [3.05, 3.63) is 45.3 Å². The van der Waals surface area contributed by atoms with Crippen LogP contribution in [0.4, 0.5) is 0 Å². The number of hydrogen-bond donors (Lipinski definition) is 1. The van der Waals surface area contributed by atoms with Crippen LogP contribution in [0.1, 0.15) is 11.1 Å². The van der Waals surface area contributed by atoms with Crippen molar-refractivity contribution in [2.75, 3.05) is 0 Å². The molecule has 0 saturated carbocycles. The molecule has 1 aromatic carbocycles. The van der Waals surface area contributed by atoms with Crippen molar-refractivity contribution >= 4 is 22.6 Å². The predicted molar refractivity (Wildman–Crippen MR) is 68.9 cm³/mol. The van der Waals surface area contributed by atoms with Crippen molar-refractivity contribution < 1.29 is 0 Å². The second-order valence-corrected chi connectivity index (χ2v) is 4.64. The van der Waals surface area contributed by atoms with E-state index < -0.39 is 0 Å². The van der Waals surface area contributed by atoms with Crippen LogP contribution in [0, 0.1) is 10.5 Å². The maximum Gasteiger partial charge on any atom is 0.0719 e. The van der Waals surface area contributed by atoms with Gasteiger partial charge in [-0.3, -0.25) is 0 Å². The summed E-state index contributed by atoms with van der Waals surface area (Å²) >= 11 is 2.25.